The van der Waals surface area contributed by atoms with Gasteiger partial charge in [-0.2, -0.15) is 0 Å². The van der Waals surface area contributed by atoms with Crippen molar-refractivity contribution < 1.29 is 19.1 Å². The predicted octanol–water partition coefficient (Wildman–Crippen LogP) is 8.17. The number of carbonyl (C=O) groups excluding carboxylic acids is 2. The number of hydrogen-bond acceptors (Lipinski definition) is 6. The molecule has 2 aromatic rings. The zero-order chi connectivity index (χ0) is 29.4. The van der Waals surface area contributed by atoms with Gasteiger partial charge in [0.05, 0.1) is 24.3 Å². The van der Waals surface area contributed by atoms with Crippen LogP contribution in [0.3, 0.4) is 0 Å². The first-order chi connectivity index (χ1) is 18.3. The molecule has 6 nitrogen and oxygen atoms in total. The van der Waals surface area contributed by atoms with E-state index in [1.165, 1.54) is 19.3 Å². The fourth-order valence-electron chi connectivity index (χ4n) is 4.28. The number of esters is 2. The van der Waals surface area contributed by atoms with E-state index in [2.05, 4.69) is 48.5 Å². The Hall–Kier alpha value is -3.02. The van der Waals surface area contributed by atoms with Gasteiger partial charge in [0, 0.05) is 11.4 Å². The van der Waals surface area contributed by atoms with Gasteiger partial charge in [0.25, 0.3) is 0 Å². The van der Waals surface area contributed by atoms with Gasteiger partial charge in [-0.1, -0.05) is 67.7 Å². The molecule has 218 valence electrons. The maximum atomic E-state index is 11.8. The third-order valence-corrected chi connectivity index (χ3v) is 6.42. The second-order valence-corrected chi connectivity index (χ2v) is 12.4. The average Bonchev–Trinajstić information content (AvgIpc) is 2.84. The van der Waals surface area contributed by atoms with Crippen LogP contribution in [-0.4, -0.2) is 25.2 Å². The van der Waals surface area contributed by atoms with Gasteiger partial charge >= 0.3 is 11.9 Å². The highest BCUT2D eigenvalue weighted by atomic mass is 16.5. The summed E-state index contributed by atoms with van der Waals surface area (Å²) in [6.45, 7) is 16.6. The van der Waals surface area contributed by atoms with Gasteiger partial charge in [0.15, 0.2) is 0 Å². The molecule has 0 amide bonds. The topological polar surface area (TPSA) is 105 Å². The highest BCUT2D eigenvalue weighted by molar-refractivity contribution is 5.90. The summed E-state index contributed by atoms with van der Waals surface area (Å²) in [5.74, 6) is 1.39. The summed E-state index contributed by atoms with van der Waals surface area (Å²) in [7, 11) is 0. The minimum Gasteiger partial charge on any atom is -0.462 e. The molecule has 0 saturated carbocycles. The standard InChI is InChI=1S/C17H27NO2.C16H25NO2/c1-13(2)5-4-6-14(3)11-12-20-17(19)15-7-9-16(18)10-8-15;1-12(11-16(2,3)4)9-10-19-15(18)13-5-7-14(17)8-6-13/h7-10,13-14H,4-6,11-12,18H2,1-3H3;5-8,12H,9-11,17H2,1-4H3. The number of ether oxygens (including phenoxy) is 2. The monoisotopic (exact) mass is 540 g/mol. The van der Waals surface area contributed by atoms with Crippen molar-refractivity contribution >= 4 is 23.3 Å². The summed E-state index contributed by atoms with van der Waals surface area (Å²) in [6, 6.07) is 13.6. The summed E-state index contributed by atoms with van der Waals surface area (Å²) in [5.41, 5.74) is 13.9. The molecule has 4 N–H and O–H groups in total. The molecule has 0 aliphatic carbocycles. The van der Waals surface area contributed by atoms with E-state index in [9.17, 15) is 9.59 Å². The smallest absolute Gasteiger partial charge is 0.338 e. The number of rotatable bonds is 13. The van der Waals surface area contributed by atoms with Gasteiger partial charge in [0.1, 0.15) is 0 Å². The van der Waals surface area contributed by atoms with Crippen LogP contribution in [0.15, 0.2) is 48.5 Å². The number of nitrogens with two attached hydrogens (primary N) is 2. The Balaban J connectivity index is 0.000000391. The number of benzene rings is 2. The van der Waals surface area contributed by atoms with Gasteiger partial charge in [-0.05, 0) is 91.0 Å². The fraction of sp³-hybridized carbons (Fsp3) is 0.576. The third kappa shape index (κ3) is 16.5. The van der Waals surface area contributed by atoms with Crippen LogP contribution >= 0.6 is 0 Å². The minimum absolute atomic E-state index is 0.264. The molecular weight excluding hydrogens is 488 g/mol. The van der Waals surface area contributed by atoms with E-state index in [1.54, 1.807) is 48.5 Å². The van der Waals surface area contributed by atoms with Gasteiger partial charge < -0.3 is 20.9 Å². The Morgan fingerprint density at radius 3 is 1.46 bits per heavy atom. The van der Waals surface area contributed by atoms with Crippen molar-refractivity contribution in [2.75, 3.05) is 24.7 Å². The van der Waals surface area contributed by atoms with E-state index in [0.717, 1.165) is 25.2 Å². The molecule has 0 bridgehead atoms. The molecule has 0 aromatic heterocycles. The van der Waals surface area contributed by atoms with Crippen molar-refractivity contribution in [3.05, 3.63) is 59.7 Å². The molecule has 0 saturated heterocycles. The summed E-state index contributed by atoms with van der Waals surface area (Å²) >= 11 is 0. The average molecular weight is 541 g/mol. The third-order valence-electron chi connectivity index (χ3n) is 6.42. The van der Waals surface area contributed by atoms with Crippen LogP contribution in [0.2, 0.25) is 0 Å². The first-order valence-electron chi connectivity index (χ1n) is 14.3. The quantitative estimate of drug-likeness (QED) is 0.196. The lowest BCUT2D eigenvalue weighted by atomic mass is 9.84. The molecule has 6 heteroatoms. The largest absolute Gasteiger partial charge is 0.462 e. The SMILES string of the molecule is CC(C)CCCC(C)CCOC(=O)c1ccc(N)cc1.CC(CCOC(=O)c1ccc(N)cc1)CC(C)(C)C. The Morgan fingerprint density at radius 2 is 1.08 bits per heavy atom. The lowest BCUT2D eigenvalue weighted by Crippen LogP contribution is -2.14. The van der Waals surface area contributed by atoms with Crippen molar-refractivity contribution in [1.29, 1.82) is 0 Å². The zero-order valence-electron chi connectivity index (χ0n) is 25.3. The molecule has 0 aliphatic heterocycles. The highest BCUT2D eigenvalue weighted by Gasteiger charge is 2.16. The number of anilines is 2. The van der Waals surface area contributed by atoms with Crippen LogP contribution in [0, 0.1) is 23.2 Å². The van der Waals surface area contributed by atoms with Crippen molar-refractivity contribution in [2.45, 2.75) is 87.0 Å². The van der Waals surface area contributed by atoms with Crippen molar-refractivity contribution in [3.63, 3.8) is 0 Å². The summed E-state index contributed by atoms with van der Waals surface area (Å²) in [4.78, 5) is 23.5. The van der Waals surface area contributed by atoms with Crippen molar-refractivity contribution in [2.24, 2.45) is 23.2 Å². The Morgan fingerprint density at radius 1 is 0.667 bits per heavy atom. The van der Waals surface area contributed by atoms with Crippen molar-refractivity contribution in [1.82, 2.24) is 0 Å². The predicted molar refractivity (Wildman–Crippen MR) is 163 cm³/mol. The molecular formula is C33H52N2O4. The first-order valence-corrected chi connectivity index (χ1v) is 14.3. The van der Waals surface area contributed by atoms with Crippen molar-refractivity contribution in [3.8, 4) is 0 Å². The maximum absolute atomic E-state index is 11.8. The Labute approximate surface area is 236 Å². The van der Waals surface area contributed by atoms with E-state index < -0.39 is 0 Å². The first kappa shape index (κ1) is 34.0. The van der Waals surface area contributed by atoms with Gasteiger partial charge in [-0.25, -0.2) is 9.59 Å². The lowest BCUT2D eigenvalue weighted by Gasteiger charge is -2.23. The molecule has 2 aromatic carbocycles. The van der Waals surface area contributed by atoms with Crippen LogP contribution in [-0.2, 0) is 9.47 Å². The number of nitrogen functional groups attached to an aromatic ring is 2. The molecule has 0 spiro atoms. The van der Waals surface area contributed by atoms with E-state index in [0.29, 0.717) is 53.0 Å². The Bertz CT molecular complexity index is 963. The van der Waals surface area contributed by atoms with Crippen LogP contribution < -0.4 is 11.5 Å². The van der Waals surface area contributed by atoms with Crippen LogP contribution in [0.1, 0.15) is 108 Å². The normalized spacial score (nSPS) is 12.7. The molecule has 39 heavy (non-hydrogen) atoms. The zero-order valence-corrected chi connectivity index (χ0v) is 25.3. The van der Waals surface area contributed by atoms with Crippen LogP contribution in [0.25, 0.3) is 0 Å². The number of hydrogen-bond donors (Lipinski definition) is 2. The molecule has 2 atom stereocenters. The molecule has 2 unspecified atom stereocenters. The summed E-state index contributed by atoms with van der Waals surface area (Å²) in [6.07, 6.45) is 6.70. The lowest BCUT2D eigenvalue weighted by molar-refractivity contribution is 0.0471. The van der Waals surface area contributed by atoms with E-state index in [-0.39, 0.29) is 11.9 Å². The molecule has 0 fully saturated rings. The van der Waals surface area contributed by atoms with E-state index >= 15 is 0 Å². The van der Waals surface area contributed by atoms with Gasteiger partial charge in [-0.15, -0.1) is 0 Å². The van der Waals surface area contributed by atoms with E-state index in [1.807, 2.05) is 0 Å². The molecule has 0 aliphatic rings. The van der Waals surface area contributed by atoms with Crippen LogP contribution in [0.4, 0.5) is 11.4 Å². The summed E-state index contributed by atoms with van der Waals surface area (Å²) < 4.78 is 10.6. The Kier molecular flexibility index (Phi) is 15.3. The van der Waals surface area contributed by atoms with E-state index in [4.69, 9.17) is 20.9 Å². The molecule has 0 heterocycles. The van der Waals surface area contributed by atoms with Gasteiger partial charge in [-0.3, -0.25) is 0 Å². The summed E-state index contributed by atoms with van der Waals surface area (Å²) in [5, 5.41) is 0. The second kappa shape index (κ2) is 17.5. The number of carbonyl (C=O) groups is 2. The molecule has 0 radical (unpaired) electrons. The minimum atomic E-state index is -0.275. The van der Waals surface area contributed by atoms with Crippen LogP contribution in [0.5, 0.6) is 0 Å². The maximum Gasteiger partial charge on any atom is 0.338 e. The second-order valence-electron chi connectivity index (χ2n) is 12.4. The molecule has 2 rings (SSSR count). The fourth-order valence-corrected chi connectivity index (χ4v) is 4.28. The van der Waals surface area contributed by atoms with Gasteiger partial charge in [0.2, 0.25) is 0 Å². The highest BCUT2D eigenvalue weighted by Crippen LogP contribution is 2.26.